The van der Waals surface area contributed by atoms with E-state index in [0.29, 0.717) is 13.2 Å². The Morgan fingerprint density at radius 3 is 2.58 bits per heavy atom. The number of rotatable bonds is 12. The molecule has 0 aliphatic rings. The molecule has 36 heavy (non-hydrogen) atoms. The second-order valence-corrected chi connectivity index (χ2v) is 9.47. The Morgan fingerprint density at radius 2 is 1.75 bits per heavy atom. The highest BCUT2D eigenvalue weighted by atomic mass is 32.1. The number of nitrogens with zero attached hydrogens (tertiary/aromatic N) is 1. The molecule has 0 radical (unpaired) electrons. The van der Waals surface area contributed by atoms with E-state index in [-0.39, 0.29) is 24.9 Å². The molecule has 4 rings (SSSR count). The molecule has 3 aromatic carbocycles. The molecule has 0 atom stereocenters. The van der Waals surface area contributed by atoms with Crippen molar-refractivity contribution in [1.29, 1.82) is 0 Å². The van der Waals surface area contributed by atoms with Gasteiger partial charge < -0.3 is 14.8 Å². The summed E-state index contributed by atoms with van der Waals surface area (Å²) in [7, 11) is 0. The molecule has 7 heteroatoms. The number of carbonyl (C=O) groups is 2. The molecule has 1 heterocycles. The van der Waals surface area contributed by atoms with Crippen molar-refractivity contribution in [3.05, 3.63) is 83.4 Å². The number of nitrogens with one attached hydrogen (secondary N) is 1. The first-order valence-corrected chi connectivity index (χ1v) is 13.0. The van der Waals surface area contributed by atoms with Crippen LogP contribution in [0.3, 0.4) is 0 Å². The van der Waals surface area contributed by atoms with Crippen LogP contribution in [-0.2, 0) is 31.9 Å². The number of carbonyl (C=O) groups excluding carboxylic acids is 2. The number of hydrogen-bond acceptors (Lipinski definition) is 6. The Kier molecular flexibility index (Phi) is 9.19. The molecular formula is C29H30N2O4S. The largest absolute Gasteiger partial charge is 0.464 e. The molecule has 0 unspecified atom stereocenters. The maximum absolute atomic E-state index is 12.8. The summed E-state index contributed by atoms with van der Waals surface area (Å²) in [5.74, 6) is -0.419. The van der Waals surface area contributed by atoms with Crippen molar-refractivity contribution >= 4 is 39.1 Å². The summed E-state index contributed by atoms with van der Waals surface area (Å²) < 4.78 is 11.3. The number of benzene rings is 3. The molecule has 0 fully saturated rings. The highest BCUT2D eigenvalue weighted by Crippen LogP contribution is 2.28. The monoisotopic (exact) mass is 502 g/mol. The van der Waals surface area contributed by atoms with E-state index in [1.165, 1.54) is 0 Å². The van der Waals surface area contributed by atoms with Crippen LogP contribution in [0.2, 0.25) is 0 Å². The van der Waals surface area contributed by atoms with Gasteiger partial charge in [-0.15, -0.1) is 11.3 Å². The number of aryl methyl sites for hydroxylation is 1. The molecule has 186 valence electrons. The van der Waals surface area contributed by atoms with Crippen LogP contribution in [0.4, 0.5) is 5.69 Å². The maximum atomic E-state index is 12.8. The molecule has 1 amide bonds. The Labute approximate surface area is 215 Å². The molecule has 1 N–H and O–H groups in total. The highest BCUT2D eigenvalue weighted by Gasteiger charge is 2.12. The lowest BCUT2D eigenvalue weighted by atomic mass is 10.1. The van der Waals surface area contributed by atoms with Crippen molar-refractivity contribution in [1.82, 2.24) is 4.98 Å². The number of fused-ring (bicyclic) bond motifs is 1. The second-order valence-electron chi connectivity index (χ2n) is 8.35. The van der Waals surface area contributed by atoms with E-state index in [2.05, 4.69) is 34.6 Å². The van der Waals surface area contributed by atoms with Crippen LogP contribution in [0, 0.1) is 0 Å². The molecule has 0 saturated heterocycles. The van der Waals surface area contributed by atoms with Gasteiger partial charge >= 0.3 is 5.97 Å². The summed E-state index contributed by atoms with van der Waals surface area (Å²) in [4.78, 5) is 28.8. The van der Waals surface area contributed by atoms with Crippen LogP contribution < -0.4 is 5.32 Å². The summed E-state index contributed by atoms with van der Waals surface area (Å²) in [5.41, 5.74) is 5.11. The average molecular weight is 503 g/mol. The zero-order chi connectivity index (χ0) is 25.2. The van der Waals surface area contributed by atoms with E-state index < -0.39 is 0 Å². The van der Waals surface area contributed by atoms with E-state index in [1.54, 1.807) is 18.3 Å². The van der Waals surface area contributed by atoms with Crippen molar-refractivity contribution in [2.75, 3.05) is 25.1 Å². The summed E-state index contributed by atoms with van der Waals surface area (Å²) in [6.45, 7) is 2.62. The van der Waals surface area contributed by atoms with Gasteiger partial charge in [0.25, 0.3) is 0 Å². The van der Waals surface area contributed by atoms with E-state index in [9.17, 15) is 9.59 Å². The second kappa shape index (κ2) is 13.0. The number of anilines is 1. The topological polar surface area (TPSA) is 77.5 Å². The average Bonchev–Trinajstić information content (AvgIpc) is 3.29. The summed E-state index contributed by atoms with van der Waals surface area (Å²) in [6, 6.07) is 24.3. The summed E-state index contributed by atoms with van der Waals surface area (Å²) in [6.07, 6.45) is 2.74. The van der Waals surface area contributed by atoms with Gasteiger partial charge in [-0.2, -0.15) is 0 Å². The van der Waals surface area contributed by atoms with Crippen LogP contribution in [-0.4, -0.2) is 36.7 Å². The summed E-state index contributed by atoms with van der Waals surface area (Å²) in [5, 5.41) is 3.85. The summed E-state index contributed by atoms with van der Waals surface area (Å²) >= 11 is 1.56. The first-order chi connectivity index (χ1) is 17.6. The van der Waals surface area contributed by atoms with Crippen molar-refractivity contribution in [2.24, 2.45) is 0 Å². The normalized spacial score (nSPS) is 10.9. The van der Waals surface area contributed by atoms with Gasteiger partial charge in [0.05, 0.1) is 23.2 Å². The fraction of sp³-hybridized carbons (Fsp3) is 0.276. The van der Waals surface area contributed by atoms with Gasteiger partial charge in [0.1, 0.15) is 11.6 Å². The number of ether oxygens (including phenoxy) is 2. The zero-order valence-electron chi connectivity index (χ0n) is 20.4. The molecule has 1 aromatic heterocycles. The van der Waals surface area contributed by atoms with Gasteiger partial charge in [0.15, 0.2) is 0 Å². The molecule has 0 saturated carbocycles. The van der Waals surface area contributed by atoms with E-state index in [0.717, 1.165) is 56.9 Å². The Hall–Kier alpha value is -3.55. The van der Waals surface area contributed by atoms with Gasteiger partial charge in [-0.05, 0) is 61.1 Å². The predicted octanol–water partition coefficient (Wildman–Crippen LogP) is 6.05. The molecule has 6 nitrogen and oxygen atoms in total. The van der Waals surface area contributed by atoms with Gasteiger partial charge in [0.2, 0.25) is 5.91 Å². The zero-order valence-corrected chi connectivity index (χ0v) is 21.2. The number of thiazole rings is 1. The third-order valence-electron chi connectivity index (χ3n) is 5.65. The van der Waals surface area contributed by atoms with Crippen LogP contribution >= 0.6 is 11.3 Å². The third kappa shape index (κ3) is 7.23. The fourth-order valence-corrected chi connectivity index (χ4v) is 4.93. The minimum atomic E-state index is -0.338. The highest BCUT2D eigenvalue weighted by molar-refractivity contribution is 7.18. The SMILES string of the molecule is CCOC(=O)COCCCCc1ccccc1NC(=O)Cc1nc2ccc(-c3ccccc3)cc2s1. The van der Waals surface area contributed by atoms with Crippen LogP contribution in [0.1, 0.15) is 30.3 Å². The van der Waals surface area contributed by atoms with Crippen molar-refractivity contribution in [3.63, 3.8) is 0 Å². The molecule has 0 aliphatic heterocycles. The quantitative estimate of drug-likeness (QED) is 0.189. The van der Waals surface area contributed by atoms with Gasteiger partial charge in [-0.1, -0.05) is 54.6 Å². The van der Waals surface area contributed by atoms with Crippen molar-refractivity contribution in [2.45, 2.75) is 32.6 Å². The Balaban J connectivity index is 1.30. The first kappa shape index (κ1) is 25.5. The number of aromatic nitrogens is 1. The maximum Gasteiger partial charge on any atom is 0.332 e. The fourth-order valence-electron chi connectivity index (χ4n) is 3.93. The third-order valence-corrected chi connectivity index (χ3v) is 6.67. The van der Waals surface area contributed by atoms with Gasteiger partial charge in [0, 0.05) is 12.3 Å². The number of para-hydroxylation sites is 1. The van der Waals surface area contributed by atoms with Crippen molar-refractivity contribution < 1.29 is 19.1 Å². The molecular weight excluding hydrogens is 472 g/mol. The molecule has 0 spiro atoms. The number of esters is 1. The van der Waals surface area contributed by atoms with Crippen molar-refractivity contribution in [3.8, 4) is 11.1 Å². The minimum absolute atomic E-state index is 0.0141. The Morgan fingerprint density at radius 1 is 0.944 bits per heavy atom. The van der Waals surface area contributed by atoms with Gasteiger partial charge in [-0.25, -0.2) is 9.78 Å². The molecule has 0 aliphatic carbocycles. The lowest BCUT2D eigenvalue weighted by Crippen LogP contribution is -2.15. The van der Waals surface area contributed by atoms with Gasteiger partial charge in [-0.3, -0.25) is 4.79 Å². The lowest BCUT2D eigenvalue weighted by Gasteiger charge is -2.11. The number of hydrogen-bond donors (Lipinski definition) is 1. The van der Waals surface area contributed by atoms with E-state index in [4.69, 9.17) is 9.47 Å². The smallest absolute Gasteiger partial charge is 0.332 e. The standard InChI is InChI=1S/C29H30N2O4S/c1-2-35-29(33)20-34-17-9-8-13-22-12-6-7-14-24(22)30-27(32)19-28-31-25-16-15-23(18-26(25)36-28)21-10-4-3-5-11-21/h3-7,10-12,14-16,18H,2,8-9,13,17,19-20H2,1H3,(H,30,32). The number of amides is 1. The van der Waals surface area contributed by atoms with Crippen LogP contribution in [0.5, 0.6) is 0 Å². The number of unbranched alkanes of at least 4 members (excludes halogenated alkanes) is 1. The predicted molar refractivity (Wildman–Crippen MR) is 144 cm³/mol. The van der Waals surface area contributed by atoms with E-state index >= 15 is 0 Å². The Bertz CT molecular complexity index is 1300. The first-order valence-electron chi connectivity index (χ1n) is 12.2. The lowest BCUT2D eigenvalue weighted by molar-refractivity contribution is -0.148. The van der Waals surface area contributed by atoms with Crippen LogP contribution in [0.25, 0.3) is 21.3 Å². The molecule has 0 bridgehead atoms. The minimum Gasteiger partial charge on any atom is -0.464 e. The van der Waals surface area contributed by atoms with Crippen LogP contribution in [0.15, 0.2) is 72.8 Å². The van der Waals surface area contributed by atoms with E-state index in [1.807, 2.05) is 48.5 Å². The molecule has 4 aromatic rings.